The first-order chi connectivity index (χ1) is 9.38. The number of aromatic nitrogens is 2. The van der Waals surface area contributed by atoms with Gasteiger partial charge in [0.1, 0.15) is 5.56 Å². The lowest BCUT2D eigenvalue weighted by Crippen LogP contribution is -2.31. The summed E-state index contributed by atoms with van der Waals surface area (Å²) in [6.07, 6.45) is 1.44. The van der Waals surface area contributed by atoms with Gasteiger partial charge in [0.15, 0.2) is 5.43 Å². The molecule has 2 rings (SSSR count). The van der Waals surface area contributed by atoms with Crippen LogP contribution in [-0.2, 0) is 0 Å². The van der Waals surface area contributed by atoms with E-state index >= 15 is 0 Å². The van der Waals surface area contributed by atoms with Crippen LogP contribution in [0.5, 0.6) is 0 Å². The topological polar surface area (TPSA) is 74.8 Å². The lowest BCUT2D eigenvalue weighted by atomic mass is 10.2. The van der Waals surface area contributed by atoms with Crippen LogP contribution in [0.3, 0.4) is 0 Å². The van der Waals surface area contributed by atoms with Crippen molar-refractivity contribution in [3.8, 4) is 0 Å². The van der Waals surface area contributed by atoms with Crippen LogP contribution in [0.2, 0.25) is 0 Å². The highest BCUT2D eigenvalue weighted by Gasteiger charge is 2.18. The first-order valence-electron chi connectivity index (χ1n) is 6.32. The van der Waals surface area contributed by atoms with Crippen LogP contribution in [0.15, 0.2) is 17.1 Å². The van der Waals surface area contributed by atoms with E-state index in [1.807, 2.05) is 20.8 Å². The minimum atomic E-state index is -0.385. The van der Waals surface area contributed by atoms with Crippen molar-refractivity contribution < 1.29 is 4.79 Å². The zero-order valence-electron chi connectivity index (χ0n) is 11.9. The van der Waals surface area contributed by atoms with Crippen LogP contribution in [0.25, 0.3) is 0 Å². The van der Waals surface area contributed by atoms with Crippen LogP contribution < -0.4 is 10.7 Å². The van der Waals surface area contributed by atoms with E-state index in [2.05, 4.69) is 15.3 Å². The largest absolute Gasteiger partial charge is 0.364 e. The van der Waals surface area contributed by atoms with E-state index in [1.165, 1.54) is 12.3 Å². The van der Waals surface area contributed by atoms with Gasteiger partial charge in [-0.2, -0.15) is 0 Å². The van der Waals surface area contributed by atoms with Crippen molar-refractivity contribution in [1.82, 2.24) is 15.3 Å². The molecule has 6 heteroatoms. The number of hydrogen-bond donors (Lipinski definition) is 2. The molecule has 0 aromatic carbocycles. The number of H-pyrrole nitrogens is 1. The Morgan fingerprint density at radius 2 is 2.10 bits per heavy atom. The van der Waals surface area contributed by atoms with Crippen LogP contribution >= 0.6 is 11.3 Å². The van der Waals surface area contributed by atoms with Crippen molar-refractivity contribution in [2.45, 2.75) is 33.7 Å². The van der Waals surface area contributed by atoms with Gasteiger partial charge in [0.2, 0.25) is 0 Å². The van der Waals surface area contributed by atoms with Gasteiger partial charge < -0.3 is 10.3 Å². The third-order valence-electron chi connectivity index (χ3n) is 3.00. The van der Waals surface area contributed by atoms with E-state index in [-0.39, 0.29) is 22.9 Å². The summed E-state index contributed by atoms with van der Waals surface area (Å²) < 4.78 is 0. The summed E-state index contributed by atoms with van der Waals surface area (Å²) in [6.45, 7) is 7.54. The summed E-state index contributed by atoms with van der Waals surface area (Å²) in [6, 6.07) is 1.19. The average molecular weight is 291 g/mol. The van der Waals surface area contributed by atoms with Crippen molar-refractivity contribution >= 4 is 17.2 Å². The van der Waals surface area contributed by atoms with Gasteiger partial charge in [-0.3, -0.25) is 9.59 Å². The predicted molar refractivity (Wildman–Crippen MR) is 79.3 cm³/mol. The van der Waals surface area contributed by atoms with Gasteiger partial charge in [-0.1, -0.05) is 0 Å². The number of nitrogens with one attached hydrogen (secondary N) is 2. The normalized spacial score (nSPS) is 12.2. The maximum Gasteiger partial charge on any atom is 0.257 e. The molecule has 0 spiro atoms. The number of carbonyl (C=O) groups is 1. The number of nitrogens with zero attached hydrogens (tertiary/aromatic N) is 1. The van der Waals surface area contributed by atoms with Crippen molar-refractivity contribution in [2.75, 3.05) is 0 Å². The van der Waals surface area contributed by atoms with Crippen LogP contribution in [0.4, 0.5) is 0 Å². The Kier molecular flexibility index (Phi) is 4.04. The molecule has 1 atom stereocenters. The molecule has 1 amide bonds. The fourth-order valence-electron chi connectivity index (χ4n) is 2.04. The Labute approximate surface area is 121 Å². The second kappa shape index (κ2) is 5.58. The predicted octanol–water partition coefficient (Wildman–Crippen LogP) is 2.25. The molecule has 0 aliphatic carbocycles. The molecule has 0 radical (unpaired) electrons. The Morgan fingerprint density at radius 3 is 2.65 bits per heavy atom. The Morgan fingerprint density at radius 1 is 1.40 bits per heavy atom. The highest BCUT2D eigenvalue weighted by Crippen LogP contribution is 2.22. The second-order valence-electron chi connectivity index (χ2n) is 4.76. The van der Waals surface area contributed by atoms with E-state index in [1.54, 1.807) is 18.3 Å². The molecule has 2 aromatic heterocycles. The quantitative estimate of drug-likeness (QED) is 0.910. The zero-order valence-corrected chi connectivity index (χ0v) is 12.7. The van der Waals surface area contributed by atoms with Gasteiger partial charge in [-0.15, -0.1) is 11.3 Å². The van der Waals surface area contributed by atoms with Crippen LogP contribution in [-0.4, -0.2) is 15.9 Å². The van der Waals surface area contributed by atoms with Gasteiger partial charge in [0.25, 0.3) is 5.91 Å². The molecule has 2 aromatic rings. The summed E-state index contributed by atoms with van der Waals surface area (Å²) in [7, 11) is 0. The molecule has 0 aliphatic rings. The molecule has 0 fully saturated rings. The lowest BCUT2D eigenvalue weighted by molar-refractivity contribution is 0.0937. The number of thiazole rings is 1. The number of carbonyl (C=O) groups excluding carboxylic acids is 1. The molecule has 0 unspecified atom stereocenters. The standard InChI is InChI=1S/C14H17N3O2S/c1-7-5-12(18)11(6-15-7)14(19)16-8(2)13-9(3)20-10(4)17-13/h5-6,8H,1-4H3,(H,15,18)(H,16,19)/t8-/m0/s1. The molecule has 0 saturated heterocycles. The maximum absolute atomic E-state index is 12.1. The molecule has 0 aliphatic heterocycles. The molecule has 106 valence electrons. The Hall–Kier alpha value is -1.95. The fourth-order valence-corrected chi connectivity index (χ4v) is 2.95. The van der Waals surface area contributed by atoms with Crippen molar-refractivity contribution in [3.05, 3.63) is 49.3 Å². The number of aryl methyl sites for hydroxylation is 3. The first kappa shape index (κ1) is 14.5. The second-order valence-corrected chi connectivity index (χ2v) is 6.17. The summed E-state index contributed by atoms with van der Waals surface area (Å²) >= 11 is 1.60. The van der Waals surface area contributed by atoms with Crippen LogP contribution in [0, 0.1) is 20.8 Å². The molecule has 0 saturated carbocycles. The molecule has 0 bridgehead atoms. The number of pyridine rings is 1. The van der Waals surface area contributed by atoms with E-state index < -0.39 is 0 Å². The highest BCUT2D eigenvalue weighted by atomic mass is 32.1. The first-order valence-corrected chi connectivity index (χ1v) is 7.14. The van der Waals surface area contributed by atoms with E-state index in [4.69, 9.17) is 0 Å². The van der Waals surface area contributed by atoms with Gasteiger partial charge >= 0.3 is 0 Å². The lowest BCUT2D eigenvalue weighted by Gasteiger charge is -2.12. The average Bonchev–Trinajstić information content (AvgIpc) is 2.68. The van der Waals surface area contributed by atoms with Gasteiger partial charge in [-0.05, 0) is 27.7 Å². The molecule has 2 heterocycles. The van der Waals surface area contributed by atoms with E-state index in [0.717, 1.165) is 21.3 Å². The minimum Gasteiger partial charge on any atom is -0.364 e. The Balaban J connectivity index is 2.19. The summed E-state index contributed by atoms with van der Waals surface area (Å²) in [5.74, 6) is -0.385. The molecular formula is C14H17N3O2S. The van der Waals surface area contributed by atoms with Gasteiger partial charge in [-0.25, -0.2) is 4.98 Å². The molecular weight excluding hydrogens is 274 g/mol. The molecule has 20 heavy (non-hydrogen) atoms. The fraction of sp³-hybridized carbons (Fsp3) is 0.357. The van der Waals surface area contributed by atoms with E-state index in [9.17, 15) is 9.59 Å². The van der Waals surface area contributed by atoms with Gasteiger partial charge in [0, 0.05) is 22.8 Å². The molecule has 5 nitrogen and oxygen atoms in total. The SMILES string of the molecule is Cc1cc(=O)c(C(=O)N[C@@H](C)c2nc(C)sc2C)c[nH]1. The van der Waals surface area contributed by atoms with Crippen LogP contribution in [0.1, 0.15) is 44.6 Å². The molecule has 2 N–H and O–H groups in total. The van der Waals surface area contributed by atoms with Gasteiger partial charge in [0.05, 0.1) is 16.7 Å². The summed E-state index contributed by atoms with van der Waals surface area (Å²) in [5.41, 5.74) is 1.42. The summed E-state index contributed by atoms with van der Waals surface area (Å²) in [4.78, 5) is 32.3. The monoisotopic (exact) mass is 291 g/mol. The smallest absolute Gasteiger partial charge is 0.257 e. The minimum absolute atomic E-state index is 0.118. The summed E-state index contributed by atoms with van der Waals surface area (Å²) in [5, 5.41) is 3.78. The van der Waals surface area contributed by atoms with Crippen molar-refractivity contribution in [1.29, 1.82) is 0 Å². The zero-order chi connectivity index (χ0) is 14.9. The third-order valence-corrected chi connectivity index (χ3v) is 3.90. The number of amides is 1. The number of hydrogen-bond acceptors (Lipinski definition) is 4. The number of aromatic amines is 1. The maximum atomic E-state index is 12.1. The van der Waals surface area contributed by atoms with E-state index in [0.29, 0.717) is 0 Å². The Bertz CT molecular complexity index is 703. The highest BCUT2D eigenvalue weighted by molar-refractivity contribution is 7.11. The third kappa shape index (κ3) is 2.96. The van der Waals surface area contributed by atoms with Crippen molar-refractivity contribution in [3.63, 3.8) is 0 Å². The van der Waals surface area contributed by atoms with Crippen molar-refractivity contribution in [2.24, 2.45) is 0 Å². The number of rotatable bonds is 3.